The highest BCUT2D eigenvalue weighted by Crippen LogP contribution is 2.32. The van der Waals surface area contributed by atoms with Crippen molar-refractivity contribution in [3.63, 3.8) is 0 Å². The molecule has 0 aliphatic heterocycles. The predicted octanol–water partition coefficient (Wildman–Crippen LogP) is 3.06. The highest BCUT2D eigenvalue weighted by atomic mass is 19.4. The summed E-state index contributed by atoms with van der Waals surface area (Å²) in [6.45, 7) is 0. The third-order valence-corrected chi connectivity index (χ3v) is 3.32. The molecule has 4 nitrogen and oxygen atoms in total. The molecule has 0 amide bonds. The van der Waals surface area contributed by atoms with Gasteiger partial charge < -0.3 is 10.3 Å². The zero-order valence-electron chi connectivity index (χ0n) is 9.91. The standard InChI is InChI=1S/C11H16F3N3O/c12-11(13,14)10-16-9(18-17-10)8(15)6-7-4-2-1-3-5-7/h7-8H,1-6,15H2. The summed E-state index contributed by atoms with van der Waals surface area (Å²) in [6, 6.07) is -0.600. The molecule has 1 heterocycles. The Morgan fingerprint density at radius 2 is 1.94 bits per heavy atom. The van der Waals surface area contributed by atoms with E-state index < -0.39 is 18.0 Å². The fraction of sp³-hybridized carbons (Fsp3) is 0.818. The van der Waals surface area contributed by atoms with Crippen LogP contribution in [-0.2, 0) is 6.18 Å². The Morgan fingerprint density at radius 3 is 2.50 bits per heavy atom. The van der Waals surface area contributed by atoms with Gasteiger partial charge >= 0.3 is 6.18 Å². The van der Waals surface area contributed by atoms with Gasteiger partial charge in [-0.05, 0) is 12.3 Å². The minimum absolute atomic E-state index is 0.118. The molecule has 0 bridgehead atoms. The first-order valence-electron chi connectivity index (χ1n) is 6.13. The first-order chi connectivity index (χ1) is 8.47. The molecule has 1 aliphatic rings. The Morgan fingerprint density at radius 1 is 1.28 bits per heavy atom. The normalized spacial score (nSPS) is 20.0. The van der Waals surface area contributed by atoms with Gasteiger partial charge in [0.1, 0.15) is 0 Å². The summed E-state index contributed by atoms with van der Waals surface area (Å²) in [4.78, 5) is 3.32. The highest BCUT2D eigenvalue weighted by Gasteiger charge is 2.38. The van der Waals surface area contributed by atoms with Crippen LogP contribution in [-0.4, -0.2) is 10.1 Å². The fourth-order valence-corrected chi connectivity index (χ4v) is 2.38. The maximum Gasteiger partial charge on any atom is 0.455 e. The van der Waals surface area contributed by atoms with Crippen molar-refractivity contribution in [2.75, 3.05) is 0 Å². The van der Waals surface area contributed by atoms with Crippen LogP contribution < -0.4 is 5.73 Å². The molecule has 1 aromatic heterocycles. The summed E-state index contributed by atoms with van der Waals surface area (Å²) in [5.74, 6) is -0.917. The first-order valence-corrected chi connectivity index (χ1v) is 6.13. The maximum atomic E-state index is 12.3. The van der Waals surface area contributed by atoms with Crippen LogP contribution in [0.5, 0.6) is 0 Å². The van der Waals surface area contributed by atoms with Crippen molar-refractivity contribution in [2.24, 2.45) is 11.7 Å². The van der Waals surface area contributed by atoms with E-state index >= 15 is 0 Å². The Labute approximate surface area is 103 Å². The van der Waals surface area contributed by atoms with Crippen LogP contribution in [0, 0.1) is 5.92 Å². The van der Waals surface area contributed by atoms with E-state index in [4.69, 9.17) is 5.73 Å². The molecule has 2 N–H and O–H groups in total. The van der Waals surface area contributed by atoms with Gasteiger partial charge in [0, 0.05) is 0 Å². The van der Waals surface area contributed by atoms with Crippen molar-refractivity contribution >= 4 is 0 Å². The van der Waals surface area contributed by atoms with Crippen molar-refractivity contribution in [1.82, 2.24) is 10.1 Å². The van der Waals surface area contributed by atoms with E-state index in [1.165, 1.54) is 6.42 Å². The number of nitrogens with two attached hydrogens (primary N) is 1. The zero-order valence-corrected chi connectivity index (χ0v) is 9.91. The molecule has 0 spiro atoms. The molecule has 1 aliphatic carbocycles. The van der Waals surface area contributed by atoms with Gasteiger partial charge in [0.15, 0.2) is 0 Å². The summed E-state index contributed by atoms with van der Waals surface area (Å²) < 4.78 is 41.5. The summed E-state index contributed by atoms with van der Waals surface area (Å²) in [7, 11) is 0. The molecule has 7 heteroatoms. The van der Waals surface area contributed by atoms with Crippen molar-refractivity contribution < 1.29 is 17.7 Å². The van der Waals surface area contributed by atoms with Crippen molar-refractivity contribution in [1.29, 1.82) is 0 Å². The van der Waals surface area contributed by atoms with Crippen LogP contribution in [0.25, 0.3) is 0 Å². The van der Waals surface area contributed by atoms with Crippen molar-refractivity contribution in [3.05, 3.63) is 11.7 Å². The molecule has 0 aromatic carbocycles. The van der Waals surface area contributed by atoms with Gasteiger partial charge in [-0.2, -0.15) is 18.2 Å². The lowest BCUT2D eigenvalue weighted by atomic mass is 9.85. The molecule has 0 saturated heterocycles. The predicted molar refractivity (Wildman–Crippen MR) is 57.4 cm³/mol. The second kappa shape index (κ2) is 5.26. The Balaban J connectivity index is 1.96. The van der Waals surface area contributed by atoms with E-state index in [0.29, 0.717) is 12.3 Å². The molecular weight excluding hydrogens is 247 g/mol. The number of alkyl halides is 3. The van der Waals surface area contributed by atoms with Crippen LogP contribution in [0.4, 0.5) is 13.2 Å². The van der Waals surface area contributed by atoms with Gasteiger partial charge in [-0.15, -0.1) is 0 Å². The summed E-state index contributed by atoms with van der Waals surface area (Å²) in [6.07, 6.45) is 1.74. The molecule has 1 atom stereocenters. The lowest BCUT2D eigenvalue weighted by Gasteiger charge is -2.22. The van der Waals surface area contributed by atoms with E-state index in [1.54, 1.807) is 0 Å². The Bertz CT molecular complexity index is 385. The number of aromatic nitrogens is 2. The van der Waals surface area contributed by atoms with E-state index in [9.17, 15) is 13.2 Å². The molecule has 1 aromatic rings. The fourth-order valence-electron chi connectivity index (χ4n) is 2.38. The van der Waals surface area contributed by atoms with Gasteiger partial charge in [0.2, 0.25) is 5.89 Å². The molecule has 1 unspecified atom stereocenters. The van der Waals surface area contributed by atoms with E-state index in [2.05, 4.69) is 14.7 Å². The third kappa shape index (κ3) is 3.22. The molecule has 0 radical (unpaired) electrons. The van der Waals surface area contributed by atoms with Gasteiger partial charge in [0.05, 0.1) is 6.04 Å². The minimum Gasteiger partial charge on any atom is -0.337 e. The number of nitrogens with zero attached hydrogens (tertiary/aromatic N) is 2. The molecule has 2 rings (SSSR count). The Kier molecular flexibility index (Phi) is 3.89. The average molecular weight is 263 g/mol. The van der Waals surface area contributed by atoms with Gasteiger partial charge in [0.25, 0.3) is 5.82 Å². The lowest BCUT2D eigenvalue weighted by molar-refractivity contribution is -0.146. The van der Waals surface area contributed by atoms with E-state index in [-0.39, 0.29) is 5.89 Å². The van der Waals surface area contributed by atoms with Crippen LogP contribution in [0.1, 0.15) is 56.3 Å². The summed E-state index contributed by atoms with van der Waals surface area (Å²) in [5.41, 5.74) is 5.82. The van der Waals surface area contributed by atoms with Gasteiger partial charge in [-0.1, -0.05) is 37.3 Å². The molecule has 1 saturated carbocycles. The lowest BCUT2D eigenvalue weighted by Crippen LogP contribution is -2.18. The SMILES string of the molecule is NC(CC1CCCCC1)c1nc(C(F)(F)F)no1. The van der Waals surface area contributed by atoms with Gasteiger partial charge in [-0.3, -0.25) is 0 Å². The molecule has 18 heavy (non-hydrogen) atoms. The van der Waals surface area contributed by atoms with Crippen LogP contribution >= 0.6 is 0 Å². The van der Waals surface area contributed by atoms with Crippen molar-refractivity contribution in [3.8, 4) is 0 Å². The van der Waals surface area contributed by atoms with Crippen LogP contribution in [0.15, 0.2) is 4.52 Å². The number of hydrogen-bond acceptors (Lipinski definition) is 4. The van der Waals surface area contributed by atoms with Crippen LogP contribution in [0.3, 0.4) is 0 Å². The first kappa shape index (κ1) is 13.3. The number of halogens is 3. The maximum absolute atomic E-state index is 12.3. The van der Waals surface area contributed by atoms with Crippen LogP contribution in [0.2, 0.25) is 0 Å². The second-order valence-corrected chi connectivity index (χ2v) is 4.80. The monoisotopic (exact) mass is 263 g/mol. The summed E-state index contributed by atoms with van der Waals surface area (Å²) in [5, 5.41) is 2.91. The minimum atomic E-state index is -4.58. The van der Waals surface area contributed by atoms with Gasteiger partial charge in [-0.25, -0.2) is 0 Å². The molecular formula is C11H16F3N3O. The quantitative estimate of drug-likeness (QED) is 0.910. The zero-order chi connectivity index (χ0) is 13.2. The third-order valence-electron chi connectivity index (χ3n) is 3.32. The second-order valence-electron chi connectivity index (χ2n) is 4.80. The largest absolute Gasteiger partial charge is 0.455 e. The molecule has 102 valence electrons. The molecule has 1 fully saturated rings. The van der Waals surface area contributed by atoms with Crippen molar-refractivity contribution in [2.45, 2.75) is 50.7 Å². The summed E-state index contributed by atoms with van der Waals surface area (Å²) >= 11 is 0. The average Bonchev–Trinajstić information content (AvgIpc) is 2.79. The smallest absolute Gasteiger partial charge is 0.337 e. The topological polar surface area (TPSA) is 64.9 Å². The number of rotatable bonds is 3. The highest BCUT2D eigenvalue weighted by molar-refractivity contribution is 4.95. The van der Waals surface area contributed by atoms with E-state index in [1.807, 2.05) is 0 Å². The Hall–Kier alpha value is -1.11. The number of hydrogen-bond donors (Lipinski definition) is 1. The van der Waals surface area contributed by atoms with E-state index in [0.717, 1.165) is 25.7 Å².